The number of carbonyl (C=O) groups excluding carboxylic acids is 4. The van der Waals surface area contributed by atoms with Crippen molar-refractivity contribution in [2.24, 2.45) is 27.9 Å². The van der Waals surface area contributed by atoms with Gasteiger partial charge in [-0.3, -0.25) is 14.4 Å². The summed E-state index contributed by atoms with van der Waals surface area (Å²) in [6, 6.07) is -3.75. The zero-order valence-electron chi connectivity index (χ0n) is 24.4. The van der Waals surface area contributed by atoms with E-state index in [0.717, 1.165) is 6.42 Å². The van der Waals surface area contributed by atoms with Gasteiger partial charge in [-0.2, -0.15) is 0 Å². The molecule has 0 saturated carbocycles. The highest BCUT2D eigenvalue weighted by Gasteiger charge is 2.48. The Morgan fingerprint density at radius 1 is 1.07 bits per heavy atom. The first-order chi connectivity index (χ1) is 20.9. The van der Waals surface area contributed by atoms with Crippen LogP contribution in [0.25, 0.3) is 0 Å². The van der Waals surface area contributed by atoms with Gasteiger partial charge >= 0.3 is 6.09 Å². The van der Waals surface area contributed by atoms with Crippen molar-refractivity contribution in [2.75, 3.05) is 26.2 Å². The largest absolute Gasteiger partial charge is 0.447 e. The van der Waals surface area contributed by atoms with Crippen molar-refractivity contribution in [1.82, 2.24) is 26.6 Å². The smallest absolute Gasteiger partial charge is 0.404 e. The van der Waals surface area contributed by atoms with Crippen molar-refractivity contribution in [2.45, 2.75) is 99.4 Å². The van der Waals surface area contributed by atoms with E-state index in [1.54, 1.807) is 0 Å². The molecule has 0 aromatic heterocycles. The minimum Gasteiger partial charge on any atom is -0.447 e. The number of nitrogens with one attached hydrogen (secondary N) is 5. The number of piperidine rings is 1. The maximum Gasteiger partial charge on any atom is 0.404 e. The lowest BCUT2D eigenvalue weighted by atomic mass is 9.95. The Balaban J connectivity index is 1.55. The number of fused-ring (bicyclic) bond motifs is 1. The lowest BCUT2D eigenvalue weighted by Gasteiger charge is -2.43. The van der Waals surface area contributed by atoms with Gasteiger partial charge in [-0.25, -0.2) is 9.79 Å². The minimum atomic E-state index is -1.60. The molecule has 19 heteroatoms. The fourth-order valence-electron chi connectivity index (χ4n) is 5.19. The molecule has 3 aliphatic rings. The molecule has 3 heterocycles. The summed E-state index contributed by atoms with van der Waals surface area (Å²) in [4.78, 5) is 52.5. The molecule has 250 valence electrons. The number of nitrogens with two attached hydrogens (primary N) is 4. The van der Waals surface area contributed by atoms with Crippen LogP contribution in [0.1, 0.15) is 38.5 Å². The molecular weight excluding hydrogens is 584 g/mol. The summed E-state index contributed by atoms with van der Waals surface area (Å²) in [7, 11) is 0. The number of guanidine groups is 1. The van der Waals surface area contributed by atoms with Crippen molar-refractivity contribution in [3.05, 3.63) is 0 Å². The van der Waals surface area contributed by atoms with E-state index in [-0.39, 0.29) is 37.3 Å². The van der Waals surface area contributed by atoms with Gasteiger partial charge in [0.15, 0.2) is 18.2 Å². The zero-order valence-corrected chi connectivity index (χ0v) is 24.4. The number of carbonyl (C=O) groups is 4. The molecule has 4 amide bonds. The molecule has 3 rings (SSSR count). The van der Waals surface area contributed by atoms with Crippen LogP contribution in [0.5, 0.6) is 0 Å². The van der Waals surface area contributed by atoms with Crippen molar-refractivity contribution >= 4 is 29.8 Å². The van der Waals surface area contributed by atoms with Crippen LogP contribution >= 0.6 is 0 Å². The molecule has 16 N–H and O–H groups in total. The standard InChI is InChI=1S/C25H46N10O9/c26-5-1-3-11(27)7-15(37)30-6-2-4-12(28)8-16(38)32-19-21(40)20(39)14(10-43-24(29)42)44-23(19)35-25-33-17-13(36)9-31-22(41)18(17)34-25/h11-14,17-21,23,36,39-40H,1-10,26-28H2,(H2,29,42)(H,30,37)(H,31,41)(H,32,38)(H2,33,34,35)/t11-,12-,13+,14+,17+,18-,19+,20-,21-,23+/m0/s1. The second-order valence-electron chi connectivity index (χ2n) is 11.2. The predicted molar refractivity (Wildman–Crippen MR) is 154 cm³/mol. The quantitative estimate of drug-likeness (QED) is 0.0749. The number of hydrogen-bond acceptors (Lipinski definition) is 15. The van der Waals surface area contributed by atoms with Crippen molar-refractivity contribution in [3.8, 4) is 0 Å². The van der Waals surface area contributed by atoms with Gasteiger partial charge < -0.3 is 74.3 Å². The fraction of sp³-hybridized carbons (Fsp3) is 0.800. The minimum absolute atomic E-state index is 0.0296. The highest BCUT2D eigenvalue weighted by atomic mass is 16.6. The third-order valence-electron chi connectivity index (χ3n) is 7.57. The first-order valence-electron chi connectivity index (χ1n) is 14.7. The normalized spacial score (nSPS) is 31.0. The summed E-state index contributed by atoms with van der Waals surface area (Å²) in [5.74, 6) is -1.10. The van der Waals surface area contributed by atoms with Crippen LogP contribution in [0.15, 0.2) is 4.99 Å². The first-order valence-corrected chi connectivity index (χ1v) is 14.7. The first kappa shape index (κ1) is 35.2. The maximum absolute atomic E-state index is 12.9. The van der Waals surface area contributed by atoms with Crippen LogP contribution in [-0.4, -0.2) is 132 Å². The highest BCUT2D eigenvalue weighted by Crippen LogP contribution is 2.22. The van der Waals surface area contributed by atoms with E-state index < -0.39 is 79.3 Å². The average Bonchev–Trinajstić information content (AvgIpc) is 3.40. The molecule has 2 fully saturated rings. The second kappa shape index (κ2) is 16.7. The third-order valence-corrected chi connectivity index (χ3v) is 7.57. The van der Waals surface area contributed by atoms with Crippen LogP contribution in [0.3, 0.4) is 0 Å². The topological polar surface area (TPSA) is 324 Å². The number of aliphatic hydroxyl groups is 3. The van der Waals surface area contributed by atoms with E-state index in [9.17, 15) is 34.5 Å². The number of amides is 4. The molecule has 0 unspecified atom stereocenters. The monoisotopic (exact) mass is 630 g/mol. The molecule has 19 nitrogen and oxygen atoms in total. The molecule has 0 aromatic carbocycles. The molecule has 2 saturated heterocycles. The average molecular weight is 631 g/mol. The Morgan fingerprint density at radius 2 is 1.75 bits per heavy atom. The summed E-state index contributed by atoms with van der Waals surface area (Å²) < 4.78 is 10.5. The van der Waals surface area contributed by atoms with Gasteiger partial charge in [0, 0.05) is 38.0 Å². The van der Waals surface area contributed by atoms with Crippen LogP contribution in [0.4, 0.5) is 4.79 Å². The van der Waals surface area contributed by atoms with E-state index in [2.05, 4.69) is 31.6 Å². The van der Waals surface area contributed by atoms with E-state index in [0.29, 0.717) is 32.4 Å². The Kier molecular flexibility index (Phi) is 13.3. The SMILES string of the molecule is NCCC[C@H](N)CC(=O)NCCC[C@H](N)CC(=O)N[C@@H]1[C@H](O)[C@@H](O)[C@@H](COC(N)=O)O[C@H]1NC1=N[C@@H]2C(=O)NC[C@@H](O)[C@H]2N1. The van der Waals surface area contributed by atoms with Gasteiger partial charge in [0.05, 0.1) is 12.1 Å². The van der Waals surface area contributed by atoms with Gasteiger partial charge in [-0.05, 0) is 32.2 Å². The van der Waals surface area contributed by atoms with Crippen LogP contribution in [-0.2, 0) is 23.9 Å². The summed E-state index contributed by atoms with van der Waals surface area (Å²) in [6.45, 7) is 0.390. The highest BCUT2D eigenvalue weighted by molar-refractivity contribution is 5.92. The number of aliphatic imine (C=N–C) groups is 1. The molecular formula is C25H46N10O9. The van der Waals surface area contributed by atoms with E-state index in [1.165, 1.54) is 0 Å². The number of β-amino-alcohol motifs (C(OH)–C–C–N with tert-alkyl or cyclic N) is 1. The molecule has 0 spiro atoms. The zero-order chi connectivity index (χ0) is 32.4. The summed E-state index contributed by atoms with van der Waals surface area (Å²) in [5.41, 5.74) is 22.5. The van der Waals surface area contributed by atoms with Gasteiger partial charge in [0.1, 0.15) is 31.0 Å². The Labute approximate surface area is 254 Å². The van der Waals surface area contributed by atoms with Gasteiger partial charge in [0.2, 0.25) is 17.7 Å². The van der Waals surface area contributed by atoms with Crippen molar-refractivity contribution in [3.63, 3.8) is 0 Å². The Hall–Kier alpha value is -3.33. The maximum atomic E-state index is 12.9. The molecule has 0 aliphatic carbocycles. The van der Waals surface area contributed by atoms with Gasteiger partial charge in [-0.15, -0.1) is 0 Å². The van der Waals surface area contributed by atoms with Crippen molar-refractivity contribution < 1.29 is 44.0 Å². The number of hydrogen-bond donors (Lipinski definition) is 12. The molecule has 0 radical (unpaired) electrons. The fourth-order valence-corrected chi connectivity index (χ4v) is 5.19. The van der Waals surface area contributed by atoms with E-state index in [4.69, 9.17) is 32.4 Å². The summed E-state index contributed by atoms with van der Waals surface area (Å²) in [6.07, 6.45) is -5.38. The Bertz CT molecular complexity index is 1040. The third kappa shape index (κ3) is 10.1. The second-order valence-corrected chi connectivity index (χ2v) is 11.2. The number of rotatable bonds is 15. The predicted octanol–water partition coefficient (Wildman–Crippen LogP) is -6.14. The molecule has 0 aromatic rings. The van der Waals surface area contributed by atoms with E-state index >= 15 is 0 Å². The molecule has 44 heavy (non-hydrogen) atoms. The number of ether oxygens (including phenoxy) is 2. The number of nitrogens with zero attached hydrogens (tertiary/aromatic N) is 1. The lowest BCUT2D eigenvalue weighted by molar-refractivity contribution is -0.198. The van der Waals surface area contributed by atoms with Gasteiger partial charge in [-0.1, -0.05) is 0 Å². The van der Waals surface area contributed by atoms with Crippen molar-refractivity contribution in [1.29, 1.82) is 0 Å². The van der Waals surface area contributed by atoms with E-state index in [1.807, 2.05) is 0 Å². The summed E-state index contributed by atoms with van der Waals surface area (Å²) >= 11 is 0. The molecule has 3 aliphatic heterocycles. The lowest BCUT2D eigenvalue weighted by Crippen LogP contribution is -2.69. The molecule has 0 bridgehead atoms. The summed E-state index contributed by atoms with van der Waals surface area (Å²) in [5, 5.41) is 45.5. The van der Waals surface area contributed by atoms with Crippen LogP contribution in [0, 0.1) is 0 Å². The number of primary amides is 1. The van der Waals surface area contributed by atoms with Crippen LogP contribution in [0.2, 0.25) is 0 Å². The number of aliphatic hydroxyl groups excluding tert-OH is 3. The Morgan fingerprint density at radius 3 is 2.41 bits per heavy atom. The van der Waals surface area contributed by atoms with Crippen LogP contribution < -0.4 is 49.5 Å². The van der Waals surface area contributed by atoms with Gasteiger partial charge in [0.25, 0.3) is 0 Å². The molecule has 10 atom stereocenters.